The van der Waals surface area contributed by atoms with Gasteiger partial charge in [-0.3, -0.25) is 4.79 Å². The molecule has 5 heteroatoms. The van der Waals surface area contributed by atoms with E-state index >= 15 is 0 Å². The summed E-state index contributed by atoms with van der Waals surface area (Å²) in [7, 11) is 1.61. The molecule has 0 fully saturated rings. The zero-order valence-corrected chi connectivity index (χ0v) is 8.54. The number of nitrogens with one attached hydrogen (secondary N) is 1. The number of rotatable bonds is 5. The molecule has 0 bridgehead atoms. The molecule has 0 atom stereocenters. The van der Waals surface area contributed by atoms with Crippen molar-refractivity contribution in [2.75, 3.05) is 25.6 Å². The summed E-state index contributed by atoms with van der Waals surface area (Å²) in [5, 5.41) is 3.38. The summed E-state index contributed by atoms with van der Waals surface area (Å²) in [5.41, 5.74) is 1.17. The third-order valence-electron chi connectivity index (χ3n) is 1.65. The van der Waals surface area contributed by atoms with Gasteiger partial charge in [0.25, 0.3) is 0 Å². The van der Waals surface area contributed by atoms with E-state index in [1.54, 1.807) is 13.2 Å². The Morgan fingerprint density at radius 2 is 2.50 bits per heavy atom. The third kappa shape index (κ3) is 2.97. The van der Waals surface area contributed by atoms with E-state index in [9.17, 15) is 4.79 Å². The van der Waals surface area contributed by atoms with Crippen LogP contribution in [0, 0.1) is 0 Å². The first kappa shape index (κ1) is 10.9. The monoisotopic (exact) mass is 214 g/mol. The predicted octanol–water partition coefficient (Wildman–Crippen LogP) is 1.61. The van der Waals surface area contributed by atoms with Crippen molar-refractivity contribution in [2.45, 2.75) is 0 Å². The summed E-state index contributed by atoms with van der Waals surface area (Å²) < 4.78 is 4.87. The van der Waals surface area contributed by atoms with Gasteiger partial charge in [-0.05, 0) is 6.07 Å². The number of pyridine rings is 1. The van der Waals surface area contributed by atoms with Crippen LogP contribution in [0.1, 0.15) is 10.4 Å². The largest absolute Gasteiger partial charge is 0.383 e. The van der Waals surface area contributed by atoms with Crippen molar-refractivity contribution in [1.82, 2.24) is 4.98 Å². The van der Waals surface area contributed by atoms with Crippen LogP contribution in [0.2, 0.25) is 5.15 Å². The van der Waals surface area contributed by atoms with Gasteiger partial charge >= 0.3 is 0 Å². The maximum atomic E-state index is 10.6. The van der Waals surface area contributed by atoms with E-state index < -0.39 is 0 Å². The highest BCUT2D eigenvalue weighted by Crippen LogP contribution is 2.16. The molecule has 0 saturated heterocycles. The first-order chi connectivity index (χ1) is 6.77. The molecule has 76 valence electrons. The molecule has 1 rings (SSSR count). The minimum absolute atomic E-state index is 0.357. The molecule has 0 aliphatic carbocycles. The van der Waals surface area contributed by atoms with Crippen LogP contribution in [0.4, 0.5) is 5.69 Å². The normalized spacial score (nSPS) is 9.86. The Morgan fingerprint density at radius 3 is 3.14 bits per heavy atom. The second-order valence-corrected chi connectivity index (χ2v) is 3.02. The Hall–Kier alpha value is -1.13. The highest BCUT2D eigenvalue weighted by molar-refractivity contribution is 6.29. The molecular weight excluding hydrogens is 204 g/mol. The smallest absolute Gasteiger partial charge is 0.153 e. The number of hydrogen-bond donors (Lipinski definition) is 1. The maximum Gasteiger partial charge on any atom is 0.153 e. The number of hydrogen-bond acceptors (Lipinski definition) is 4. The van der Waals surface area contributed by atoms with Gasteiger partial charge in [-0.2, -0.15) is 0 Å². The highest BCUT2D eigenvalue weighted by Gasteiger charge is 2.02. The summed E-state index contributed by atoms with van der Waals surface area (Å²) in [6.45, 7) is 1.19. The van der Waals surface area contributed by atoms with Crippen molar-refractivity contribution in [2.24, 2.45) is 0 Å². The van der Waals surface area contributed by atoms with Crippen LogP contribution in [0.25, 0.3) is 0 Å². The molecule has 1 heterocycles. The fraction of sp³-hybridized carbons (Fsp3) is 0.333. The lowest BCUT2D eigenvalue weighted by Crippen LogP contribution is -2.09. The molecule has 1 aromatic heterocycles. The zero-order chi connectivity index (χ0) is 10.4. The summed E-state index contributed by atoms with van der Waals surface area (Å²) in [6.07, 6.45) is 2.17. The van der Waals surface area contributed by atoms with Crippen LogP contribution in [0.15, 0.2) is 12.3 Å². The molecule has 0 radical (unpaired) electrons. The maximum absolute atomic E-state index is 10.6. The molecule has 14 heavy (non-hydrogen) atoms. The molecule has 0 aliphatic heterocycles. The second-order valence-electron chi connectivity index (χ2n) is 2.63. The van der Waals surface area contributed by atoms with Crippen molar-refractivity contribution in [3.05, 3.63) is 23.0 Å². The standard InChI is InChI=1S/C9H11ClN2O2/c1-14-3-2-11-8-4-9(10)12-5-7(8)6-13/h4-6H,2-3H2,1H3,(H,11,12). The van der Waals surface area contributed by atoms with Crippen LogP contribution in [0.3, 0.4) is 0 Å². The summed E-state index contributed by atoms with van der Waals surface area (Å²) >= 11 is 5.69. The average molecular weight is 215 g/mol. The van der Waals surface area contributed by atoms with Gasteiger partial charge in [0.1, 0.15) is 5.15 Å². The van der Waals surface area contributed by atoms with Crippen molar-refractivity contribution in [3.63, 3.8) is 0 Å². The number of carbonyl (C=O) groups is 1. The molecule has 0 aromatic carbocycles. The van der Waals surface area contributed by atoms with Gasteiger partial charge in [0, 0.05) is 25.5 Å². The van der Waals surface area contributed by atoms with Gasteiger partial charge in [0.2, 0.25) is 0 Å². The van der Waals surface area contributed by atoms with E-state index in [0.29, 0.717) is 29.6 Å². The fourth-order valence-electron chi connectivity index (χ4n) is 0.975. The van der Waals surface area contributed by atoms with Gasteiger partial charge in [0.15, 0.2) is 6.29 Å². The van der Waals surface area contributed by atoms with Gasteiger partial charge in [-0.15, -0.1) is 0 Å². The zero-order valence-electron chi connectivity index (χ0n) is 7.79. The average Bonchev–Trinajstić information content (AvgIpc) is 2.19. The second kappa shape index (κ2) is 5.57. The molecule has 0 amide bonds. The van der Waals surface area contributed by atoms with E-state index in [1.165, 1.54) is 6.20 Å². The number of halogens is 1. The minimum Gasteiger partial charge on any atom is -0.383 e. The van der Waals surface area contributed by atoms with E-state index in [0.717, 1.165) is 6.29 Å². The van der Waals surface area contributed by atoms with Crippen molar-refractivity contribution >= 4 is 23.6 Å². The molecule has 0 aliphatic rings. The van der Waals surface area contributed by atoms with Crippen molar-refractivity contribution in [1.29, 1.82) is 0 Å². The van der Waals surface area contributed by atoms with Gasteiger partial charge in [-0.25, -0.2) is 4.98 Å². The van der Waals surface area contributed by atoms with Crippen LogP contribution < -0.4 is 5.32 Å². The van der Waals surface area contributed by atoms with Gasteiger partial charge in [0.05, 0.1) is 12.2 Å². The van der Waals surface area contributed by atoms with E-state index in [1.807, 2.05) is 0 Å². The van der Waals surface area contributed by atoms with Crippen LogP contribution in [0.5, 0.6) is 0 Å². The highest BCUT2D eigenvalue weighted by atomic mass is 35.5. The molecular formula is C9H11ClN2O2. The summed E-state index contributed by atoms with van der Waals surface area (Å²) in [5.74, 6) is 0. The fourth-order valence-corrected chi connectivity index (χ4v) is 1.13. The topological polar surface area (TPSA) is 51.2 Å². The lowest BCUT2D eigenvalue weighted by Gasteiger charge is -2.07. The molecule has 1 aromatic rings. The van der Waals surface area contributed by atoms with Crippen molar-refractivity contribution < 1.29 is 9.53 Å². The van der Waals surface area contributed by atoms with Crippen LogP contribution in [-0.2, 0) is 4.74 Å². The summed E-state index contributed by atoms with van der Waals surface area (Å²) in [6, 6.07) is 1.61. The lowest BCUT2D eigenvalue weighted by molar-refractivity contribution is 0.112. The molecule has 0 saturated carbocycles. The Bertz CT molecular complexity index is 318. The van der Waals surface area contributed by atoms with E-state index in [4.69, 9.17) is 16.3 Å². The molecule has 0 unspecified atom stereocenters. The Kier molecular flexibility index (Phi) is 4.35. The first-order valence-corrected chi connectivity index (χ1v) is 4.49. The van der Waals surface area contributed by atoms with Crippen LogP contribution >= 0.6 is 11.6 Å². The Morgan fingerprint density at radius 1 is 1.71 bits per heavy atom. The third-order valence-corrected chi connectivity index (χ3v) is 1.86. The predicted molar refractivity (Wildman–Crippen MR) is 55.0 cm³/mol. The molecule has 0 spiro atoms. The van der Waals surface area contributed by atoms with Gasteiger partial charge in [-0.1, -0.05) is 11.6 Å². The number of carbonyl (C=O) groups excluding carboxylic acids is 1. The van der Waals surface area contributed by atoms with Gasteiger partial charge < -0.3 is 10.1 Å². The lowest BCUT2D eigenvalue weighted by atomic mass is 10.2. The summed E-state index contributed by atoms with van der Waals surface area (Å²) in [4.78, 5) is 14.4. The number of ether oxygens (including phenoxy) is 1. The van der Waals surface area contributed by atoms with Crippen molar-refractivity contribution in [3.8, 4) is 0 Å². The first-order valence-electron chi connectivity index (χ1n) is 4.11. The molecule has 1 N–H and O–H groups in total. The van der Waals surface area contributed by atoms with E-state index in [2.05, 4.69) is 10.3 Å². The van der Waals surface area contributed by atoms with Crippen LogP contribution in [-0.4, -0.2) is 31.5 Å². The SMILES string of the molecule is COCCNc1cc(Cl)ncc1C=O. The molecule has 4 nitrogen and oxygen atoms in total. The minimum atomic E-state index is 0.357. The Labute approximate surface area is 87.2 Å². The number of anilines is 1. The number of nitrogens with zero attached hydrogens (tertiary/aromatic N) is 1. The Balaban J connectivity index is 2.72. The number of aromatic nitrogens is 1. The quantitative estimate of drug-likeness (QED) is 0.460. The van der Waals surface area contributed by atoms with E-state index in [-0.39, 0.29) is 0 Å². The number of aldehydes is 1. The number of methoxy groups -OCH3 is 1.